The molecule has 0 radical (unpaired) electrons. The molecule has 2 unspecified atom stereocenters. The molecule has 586 valence electrons. The maximum Gasteiger partial charge on any atom is 0.472 e. The van der Waals surface area contributed by atoms with Crippen LogP contribution in [0.1, 0.15) is 387 Å². The molecule has 0 aliphatic rings. The first-order valence-electron chi connectivity index (χ1n) is 40.9. The largest absolute Gasteiger partial charge is 0.472 e. The molecule has 0 rings (SSSR count). The van der Waals surface area contributed by atoms with E-state index in [-0.39, 0.29) is 25.7 Å². The van der Waals surface area contributed by atoms with Gasteiger partial charge in [-0.15, -0.1) is 0 Å². The minimum absolute atomic E-state index is 0.0257. The fourth-order valence-electron chi connectivity index (χ4n) is 11.6. The van der Waals surface area contributed by atoms with Crippen LogP contribution < -0.4 is 0 Å². The molecule has 17 nitrogen and oxygen atoms in total. The number of hydrogen-bond acceptors (Lipinski definition) is 15. The van der Waals surface area contributed by atoms with Crippen LogP contribution >= 0.6 is 15.6 Å². The Morgan fingerprint density at radius 2 is 0.500 bits per heavy atom. The summed E-state index contributed by atoms with van der Waals surface area (Å²) in [4.78, 5) is 73.0. The smallest absolute Gasteiger partial charge is 0.462 e. The van der Waals surface area contributed by atoms with Gasteiger partial charge in [-0.25, -0.2) is 9.13 Å². The third-order valence-electron chi connectivity index (χ3n) is 17.8. The second-order valence-corrected chi connectivity index (χ2v) is 30.6. The number of allylic oxidation sites excluding steroid dienone is 8. The highest BCUT2D eigenvalue weighted by Gasteiger charge is 2.30. The van der Waals surface area contributed by atoms with Crippen molar-refractivity contribution >= 4 is 39.5 Å². The van der Waals surface area contributed by atoms with E-state index >= 15 is 0 Å². The summed E-state index contributed by atoms with van der Waals surface area (Å²) in [5, 5.41) is 10.6. The molecule has 0 aromatic carbocycles. The molecule has 0 aromatic heterocycles. The summed E-state index contributed by atoms with van der Waals surface area (Å²) in [7, 11) is -9.95. The maximum atomic E-state index is 13.1. The SMILES string of the molecule is CCCCC/C=C\C/C=C\C/C=C\C/C=C\CCCC(=O)O[C@H](COC(=O)CCCCCCCCCCCCCCCCC)COP(=O)(O)OC[C@H](O)COP(=O)(O)OC[C@@H](COC(=O)CCCCCCCCCCCCCCC)OC(=O)CCCCCCCCCCCCCCCCC. The normalized spacial score (nSPS) is 14.1. The van der Waals surface area contributed by atoms with E-state index in [2.05, 4.69) is 64.2 Å². The van der Waals surface area contributed by atoms with Crippen LogP contribution in [0.3, 0.4) is 0 Å². The predicted molar refractivity (Wildman–Crippen MR) is 409 cm³/mol. The minimum atomic E-state index is -4.98. The number of carbonyl (C=O) groups is 4. The summed E-state index contributed by atoms with van der Waals surface area (Å²) in [5.41, 5.74) is 0. The van der Waals surface area contributed by atoms with Gasteiger partial charge >= 0.3 is 39.5 Å². The zero-order valence-electron chi connectivity index (χ0n) is 64.1. The molecule has 0 saturated heterocycles. The van der Waals surface area contributed by atoms with Gasteiger partial charge in [0.15, 0.2) is 12.2 Å². The van der Waals surface area contributed by atoms with Crippen molar-refractivity contribution in [3.05, 3.63) is 48.6 Å². The van der Waals surface area contributed by atoms with Crippen LogP contribution in [0.4, 0.5) is 0 Å². The Balaban J connectivity index is 5.35. The van der Waals surface area contributed by atoms with E-state index in [0.717, 1.165) is 89.9 Å². The lowest BCUT2D eigenvalue weighted by Gasteiger charge is -2.21. The Morgan fingerprint density at radius 3 is 0.790 bits per heavy atom. The highest BCUT2D eigenvalue weighted by molar-refractivity contribution is 7.47. The third kappa shape index (κ3) is 73.3. The number of aliphatic hydroxyl groups is 1. The summed E-state index contributed by atoms with van der Waals surface area (Å²) in [5.74, 6) is -2.19. The van der Waals surface area contributed by atoms with Crippen molar-refractivity contribution in [3.8, 4) is 0 Å². The van der Waals surface area contributed by atoms with Crippen molar-refractivity contribution in [3.63, 3.8) is 0 Å². The van der Waals surface area contributed by atoms with Gasteiger partial charge in [0.2, 0.25) is 0 Å². The van der Waals surface area contributed by atoms with Crippen molar-refractivity contribution in [2.24, 2.45) is 0 Å². The van der Waals surface area contributed by atoms with E-state index in [9.17, 15) is 43.2 Å². The van der Waals surface area contributed by atoms with Crippen LogP contribution in [-0.4, -0.2) is 96.7 Å². The molecule has 0 saturated carbocycles. The fraction of sp³-hybridized carbons (Fsp3) is 0.852. The molecule has 0 amide bonds. The fourth-order valence-corrected chi connectivity index (χ4v) is 13.1. The lowest BCUT2D eigenvalue weighted by atomic mass is 10.0. The topological polar surface area (TPSA) is 237 Å². The highest BCUT2D eigenvalue weighted by Crippen LogP contribution is 2.45. The summed E-state index contributed by atoms with van der Waals surface area (Å²) in [6, 6.07) is 0. The van der Waals surface area contributed by atoms with Crippen LogP contribution in [0.25, 0.3) is 0 Å². The molecule has 0 aliphatic heterocycles. The highest BCUT2D eigenvalue weighted by atomic mass is 31.2. The third-order valence-corrected chi connectivity index (χ3v) is 19.7. The number of phosphoric acid groups is 2. The number of carbonyl (C=O) groups excluding carboxylic acids is 4. The molecular formula is C81H150O17P2. The molecule has 0 heterocycles. The average Bonchev–Trinajstić information content (AvgIpc) is 1.22. The van der Waals surface area contributed by atoms with Gasteiger partial charge < -0.3 is 33.8 Å². The summed E-state index contributed by atoms with van der Waals surface area (Å²) in [6.07, 6.45) is 72.3. The molecule has 5 atom stereocenters. The van der Waals surface area contributed by atoms with Gasteiger partial charge in [-0.2, -0.15) is 0 Å². The van der Waals surface area contributed by atoms with Crippen LogP contribution in [0, 0.1) is 0 Å². The van der Waals surface area contributed by atoms with Crippen molar-refractivity contribution < 1.29 is 80.2 Å². The molecule has 0 fully saturated rings. The van der Waals surface area contributed by atoms with Crippen LogP contribution in [0.5, 0.6) is 0 Å². The second kappa shape index (κ2) is 74.3. The van der Waals surface area contributed by atoms with Gasteiger partial charge in [0.25, 0.3) is 0 Å². The van der Waals surface area contributed by atoms with Crippen molar-refractivity contribution in [2.45, 2.75) is 406 Å². The molecule has 0 aromatic rings. The quantitative estimate of drug-likeness (QED) is 0.0169. The minimum Gasteiger partial charge on any atom is -0.462 e. The Morgan fingerprint density at radius 1 is 0.280 bits per heavy atom. The second-order valence-electron chi connectivity index (χ2n) is 27.7. The van der Waals surface area contributed by atoms with E-state index in [0.29, 0.717) is 32.1 Å². The van der Waals surface area contributed by atoms with Gasteiger partial charge in [-0.3, -0.25) is 37.3 Å². The van der Waals surface area contributed by atoms with Gasteiger partial charge in [0.05, 0.1) is 26.4 Å². The van der Waals surface area contributed by atoms with E-state index in [1.165, 1.54) is 212 Å². The molecular weight excluding hydrogens is 1310 g/mol. The molecule has 0 bridgehead atoms. The Bertz CT molecular complexity index is 2080. The van der Waals surface area contributed by atoms with E-state index in [1.54, 1.807) is 0 Å². The first-order valence-corrected chi connectivity index (χ1v) is 43.9. The van der Waals surface area contributed by atoms with Gasteiger partial charge in [-0.05, 0) is 64.2 Å². The summed E-state index contributed by atoms with van der Waals surface area (Å²) in [6.45, 7) is 4.89. The average molecular weight is 1460 g/mol. The molecule has 19 heteroatoms. The number of phosphoric ester groups is 2. The molecule has 0 spiro atoms. The summed E-state index contributed by atoms with van der Waals surface area (Å²) >= 11 is 0. The van der Waals surface area contributed by atoms with E-state index in [4.69, 9.17) is 37.0 Å². The van der Waals surface area contributed by atoms with Crippen LogP contribution in [0.2, 0.25) is 0 Å². The molecule has 3 N–H and O–H groups in total. The van der Waals surface area contributed by atoms with Crippen LogP contribution in [0.15, 0.2) is 48.6 Å². The van der Waals surface area contributed by atoms with Crippen molar-refractivity contribution in [1.82, 2.24) is 0 Å². The van der Waals surface area contributed by atoms with Crippen molar-refractivity contribution in [1.29, 1.82) is 0 Å². The van der Waals surface area contributed by atoms with Gasteiger partial charge in [-0.1, -0.05) is 346 Å². The Labute approximate surface area is 610 Å². The number of rotatable bonds is 78. The summed E-state index contributed by atoms with van der Waals surface area (Å²) < 4.78 is 68.6. The van der Waals surface area contributed by atoms with E-state index in [1.807, 2.05) is 12.2 Å². The zero-order chi connectivity index (χ0) is 73.2. The van der Waals surface area contributed by atoms with Crippen LogP contribution in [-0.2, 0) is 65.4 Å². The Hall–Kier alpha value is -2.98. The standard InChI is InChI=1S/C81H150O17P2/c1-5-9-13-17-21-25-29-33-36-37-40-44-48-52-56-60-64-68-81(86)98-77(72-92-79(84)66-62-58-54-50-46-42-38-34-30-26-22-18-14-10-6-2)74-96-100(89,90)94-70-75(82)69-93-99(87,88)95-73-76(71-91-78(83)65-61-57-53-49-45-41-32-28-24-20-16-12-8-4)97-80(85)67-63-59-55-51-47-43-39-35-31-27-23-19-15-11-7-3/h21,25,33,36,40,44,52,56,75-77,82H,5-20,22-24,26-32,34-35,37-39,41-43,45-51,53-55,57-74H2,1-4H3,(H,87,88)(H,89,90)/b25-21-,36-33-,44-40-,56-52-/t75-,76-,77-/m1/s1. The van der Waals surface area contributed by atoms with Gasteiger partial charge in [0, 0.05) is 25.7 Å². The first-order chi connectivity index (χ1) is 48.7. The lowest BCUT2D eigenvalue weighted by Crippen LogP contribution is -2.30. The number of hydrogen-bond donors (Lipinski definition) is 3. The number of ether oxygens (including phenoxy) is 4. The number of unbranched alkanes of at least 4 members (excludes halogenated alkanes) is 44. The lowest BCUT2D eigenvalue weighted by molar-refractivity contribution is -0.161. The Kier molecular flexibility index (Phi) is 72.1. The predicted octanol–water partition coefficient (Wildman–Crippen LogP) is 23.7. The monoisotopic (exact) mass is 1460 g/mol. The maximum absolute atomic E-state index is 13.1. The van der Waals surface area contributed by atoms with E-state index < -0.39 is 97.5 Å². The number of esters is 4. The number of aliphatic hydroxyl groups excluding tert-OH is 1. The van der Waals surface area contributed by atoms with Gasteiger partial charge in [0.1, 0.15) is 19.3 Å². The van der Waals surface area contributed by atoms with Crippen molar-refractivity contribution in [2.75, 3.05) is 39.6 Å². The molecule has 0 aliphatic carbocycles. The first kappa shape index (κ1) is 97.0. The zero-order valence-corrected chi connectivity index (χ0v) is 65.9. The molecule has 100 heavy (non-hydrogen) atoms.